The van der Waals surface area contributed by atoms with Crippen molar-refractivity contribution in [2.45, 2.75) is 38.8 Å². The van der Waals surface area contributed by atoms with Crippen LogP contribution in [0, 0.1) is 0 Å². The van der Waals surface area contributed by atoms with Crippen LogP contribution in [0.2, 0.25) is 0 Å². The predicted molar refractivity (Wildman–Crippen MR) is 108 cm³/mol. The summed E-state index contributed by atoms with van der Waals surface area (Å²) < 4.78 is 45.7. The highest BCUT2D eigenvalue weighted by Crippen LogP contribution is 2.19. The number of nitrogens with zero attached hydrogens (tertiary/aromatic N) is 4. The van der Waals surface area contributed by atoms with Gasteiger partial charge in [0.1, 0.15) is 22.7 Å². The van der Waals surface area contributed by atoms with Gasteiger partial charge in [0, 0.05) is 13.1 Å². The average molecular weight is 451 g/mol. The van der Waals surface area contributed by atoms with E-state index in [-0.39, 0.29) is 11.0 Å². The lowest BCUT2D eigenvalue weighted by molar-refractivity contribution is 0.452. The van der Waals surface area contributed by atoms with E-state index in [2.05, 4.69) is 30.8 Å². The van der Waals surface area contributed by atoms with Crippen LogP contribution in [0.25, 0.3) is 0 Å². The first kappa shape index (κ1) is 31.3. The summed E-state index contributed by atoms with van der Waals surface area (Å²) in [5, 5.41) is 15.4. The number of aliphatic imine (C=N–C) groups is 2. The standard InChI is InChI=1S/C12H22N6.2H2O3S.2H2O/c1-11(2,9-13-5-6-14-9)17-18-12(3,4)10-15-7-8-16-10;2*1-4(2)3;;/h5-8H2,1-4H3,(H,13,14)(H,15,16);2*(H2,1,2,3);2*1H2. The third kappa shape index (κ3) is 13.7. The first-order chi connectivity index (χ1) is 11.9. The number of rotatable bonds is 4. The molecule has 0 radical (unpaired) electrons. The number of azo groups is 1. The van der Waals surface area contributed by atoms with Gasteiger partial charge in [-0.3, -0.25) is 28.2 Å². The monoisotopic (exact) mass is 450 g/mol. The predicted octanol–water partition coefficient (Wildman–Crippen LogP) is -1.29. The third-order valence-electron chi connectivity index (χ3n) is 3.06. The van der Waals surface area contributed by atoms with E-state index in [1.807, 2.05) is 27.7 Å². The first-order valence-corrected chi connectivity index (χ1v) is 9.62. The van der Waals surface area contributed by atoms with Crippen molar-refractivity contribution >= 4 is 34.4 Å². The highest BCUT2D eigenvalue weighted by Gasteiger charge is 2.31. The third-order valence-corrected chi connectivity index (χ3v) is 3.06. The summed E-state index contributed by atoms with van der Waals surface area (Å²) in [6.07, 6.45) is 0. The van der Waals surface area contributed by atoms with Gasteiger partial charge < -0.3 is 21.6 Å². The van der Waals surface area contributed by atoms with Crippen molar-refractivity contribution in [3.05, 3.63) is 0 Å². The number of hydrogen-bond donors (Lipinski definition) is 6. The van der Waals surface area contributed by atoms with Gasteiger partial charge in [0.25, 0.3) is 22.7 Å². The lowest BCUT2D eigenvalue weighted by atomic mass is 10.0. The van der Waals surface area contributed by atoms with Crippen LogP contribution < -0.4 is 10.6 Å². The fourth-order valence-electron chi connectivity index (χ4n) is 1.96. The van der Waals surface area contributed by atoms with Crippen molar-refractivity contribution in [1.82, 2.24) is 10.6 Å². The lowest BCUT2D eigenvalue weighted by Crippen LogP contribution is -2.41. The molecule has 14 nitrogen and oxygen atoms in total. The molecule has 0 unspecified atom stereocenters. The Bertz CT molecular complexity index is 539. The Morgan fingerprint density at radius 2 is 1.04 bits per heavy atom. The molecule has 0 saturated heterocycles. The maximum Gasteiger partial charge on any atom is 0.299 e. The van der Waals surface area contributed by atoms with E-state index < -0.39 is 33.8 Å². The van der Waals surface area contributed by atoms with Gasteiger partial charge in [-0.2, -0.15) is 18.6 Å². The van der Waals surface area contributed by atoms with Crippen LogP contribution in [-0.2, 0) is 22.7 Å². The second-order valence-electron chi connectivity index (χ2n) is 6.09. The van der Waals surface area contributed by atoms with Gasteiger partial charge in [-0.05, 0) is 27.7 Å². The molecule has 10 N–H and O–H groups in total. The molecule has 168 valence electrons. The van der Waals surface area contributed by atoms with Crippen LogP contribution in [0.4, 0.5) is 0 Å². The largest absolute Gasteiger partial charge is 0.412 e. The molecule has 28 heavy (non-hydrogen) atoms. The molecule has 0 atom stereocenters. The van der Waals surface area contributed by atoms with Gasteiger partial charge in [0.05, 0.1) is 13.1 Å². The quantitative estimate of drug-likeness (QED) is 0.221. The highest BCUT2D eigenvalue weighted by molar-refractivity contribution is 7.73. The minimum absolute atomic E-state index is 0. The van der Waals surface area contributed by atoms with Crippen molar-refractivity contribution in [3.63, 3.8) is 0 Å². The first-order valence-electron chi connectivity index (χ1n) is 7.50. The molecule has 0 aromatic carbocycles. The Balaban J connectivity index is -0.000000537. The van der Waals surface area contributed by atoms with E-state index in [0.29, 0.717) is 0 Å². The van der Waals surface area contributed by atoms with Crippen LogP contribution in [0.15, 0.2) is 20.2 Å². The molecule has 2 rings (SSSR count). The summed E-state index contributed by atoms with van der Waals surface area (Å²) in [5.41, 5.74) is -0.792. The van der Waals surface area contributed by atoms with Crippen molar-refractivity contribution in [2.75, 3.05) is 26.2 Å². The molecule has 0 aromatic rings. The zero-order chi connectivity index (χ0) is 20.4. The molecule has 0 spiro atoms. The van der Waals surface area contributed by atoms with E-state index in [4.69, 9.17) is 26.6 Å². The molecule has 2 aliphatic heterocycles. The molecule has 0 fully saturated rings. The van der Waals surface area contributed by atoms with Crippen LogP contribution in [-0.4, -0.2) is 86.5 Å². The number of amidine groups is 2. The van der Waals surface area contributed by atoms with Crippen molar-refractivity contribution in [2.24, 2.45) is 20.2 Å². The van der Waals surface area contributed by atoms with Gasteiger partial charge in [-0.25, -0.2) is 0 Å². The van der Waals surface area contributed by atoms with Crippen LogP contribution in [0.3, 0.4) is 0 Å². The van der Waals surface area contributed by atoms with Crippen LogP contribution in [0.5, 0.6) is 0 Å². The molecule has 0 amide bonds. The van der Waals surface area contributed by atoms with Crippen molar-refractivity contribution in [3.8, 4) is 0 Å². The minimum Gasteiger partial charge on any atom is -0.412 e. The molecule has 0 saturated carbocycles. The van der Waals surface area contributed by atoms with Crippen LogP contribution in [0.1, 0.15) is 27.7 Å². The second kappa shape index (κ2) is 14.6. The van der Waals surface area contributed by atoms with E-state index in [9.17, 15) is 0 Å². The fraction of sp³-hybridized carbons (Fsp3) is 0.833. The Labute approximate surface area is 168 Å². The lowest BCUT2D eigenvalue weighted by Gasteiger charge is -2.23. The second-order valence-corrected chi connectivity index (χ2v) is 7.02. The van der Waals surface area contributed by atoms with E-state index in [0.717, 1.165) is 37.9 Å². The van der Waals surface area contributed by atoms with Gasteiger partial charge in [0.15, 0.2) is 0 Å². The molecular formula is C12H30N6O8S2. The molecule has 16 heteroatoms. The topological polar surface area (TPSA) is 252 Å². The molecule has 0 aliphatic carbocycles. The number of hydrogen-bond acceptors (Lipinski definition) is 8. The summed E-state index contributed by atoms with van der Waals surface area (Å²) in [4.78, 5) is 8.82. The molecule has 0 aromatic heterocycles. The smallest absolute Gasteiger partial charge is 0.299 e. The maximum absolute atomic E-state index is 8.67. The maximum atomic E-state index is 8.67. The van der Waals surface area contributed by atoms with Gasteiger partial charge in [-0.1, -0.05) is 0 Å². The highest BCUT2D eigenvalue weighted by atomic mass is 32.2. The summed E-state index contributed by atoms with van der Waals surface area (Å²) in [7, 11) is 0. The Morgan fingerprint density at radius 3 is 1.21 bits per heavy atom. The van der Waals surface area contributed by atoms with E-state index in [1.165, 1.54) is 0 Å². The van der Waals surface area contributed by atoms with E-state index in [1.54, 1.807) is 0 Å². The Hall–Kier alpha value is -1.40. The van der Waals surface area contributed by atoms with Gasteiger partial charge in [-0.15, -0.1) is 0 Å². The molecule has 2 heterocycles. The molecule has 2 aliphatic rings. The summed E-state index contributed by atoms with van der Waals surface area (Å²) in [6.45, 7) is 11.5. The Kier molecular flexibility index (Phi) is 16.3. The summed E-state index contributed by atoms with van der Waals surface area (Å²) in [6, 6.07) is 0. The molecule has 0 bridgehead atoms. The Morgan fingerprint density at radius 1 is 0.786 bits per heavy atom. The van der Waals surface area contributed by atoms with Gasteiger partial charge in [0.2, 0.25) is 0 Å². The zero-order valence-electron chi connectivity index (χ0n) is 16.0. The normalized spacial score (nSPS) is 15.8. The van der Waals surface area contributed by atoms with Crippen LogP contribution >= 0.6 is 0 Å². The molecular weight excluding hydrogens is 420 g/mol. The van der Waals surface area contributed by atoms with Crippen molar-refractivity contribution in [1.29, 1.82) is 0 Å². The fourth-order valence-corrected chi connectivity index (χ4v) is 1.96. The zero-order valence-corrected chi connectivity index (χ0v) is 17.7. The van der Waals surface area contributed by atoms with Crippen molar-refractivity contribution < 1.29 is 37.6 Å². The van der Waals surface area contributed by atoms with Gasteiger partial charge >= 0.3 is 0 Å². The van der Waals surface area contributed by atoms with E-state index >= 15 is 0 Å². The summed E-state index contributed by atoms with van der Waals surface area (Å²) in [5.74, 6) is 1.84. The summed E-state index contributed by atoms with van der Waals surface area (Å²) >= 11 is -5.22. The minimum atomic E-state index is -2.61. The SMILES string of the molecule is CC(C)(N=NC(C)(C)C1=NCCN1)C1=NCCN1.O.O.O=S(O)O.O=S(O)O. The average Bonchev–Trinajstić information content (AvgIpc) is 3.17. The number of nitrogens with one attached hydrogen (secondary N) is 2.